The van der Waals surface area contributed by atoms with Crippen LogP contribution in [0.25, 0.3) is 0 Å². The minimum atomic E-state index is 0.284. The van der Waals surface area contributed by atoms with Crippen molar-refractivity contribution >= 4 is 17.5 Å². The molecule has 0 saturated carbocycles. The molecule has 0 aliphatic carbocycles. The minimum absolute atomic E-state index is 0.284. The van der Waals surface area contributed by atoms with E-state index in [1.54, 1.807) is 0 Å². The van der Waals surface area contributed by atoms with Crippen molar-refractivity contribution in [1.29, 1.82) is 0 Å². The standard InChI is InChI=1S/C9H16ClNO/c1-2-9(12)11-6-4-8(7-11)3-5-10/h8H,2-7H2,1H3. The van der Waals surface area contributed by atoms with Crippen LogP contribution < -0.4 is 0 Å². The van der Waals surface area contributed by atoms with Gasteiger partial charge in [-0.1, -0.05) is 6.92 Å². The molecular formula is C9H16ClNO. The molecule has 1 unspecified atom stereocenters. The van der Waals surface area contributed by atoms with E-state index in [0.29, 0.717) is 12.3 Å². The van der Waals surface area contributed by atoms with E-state index in [0.717, 1.165) is 31.8 Å². The van der Waals surface area contributed by atoms with Crippen LogP contribution in [0.5, 0.6) is 0 Å². The first kappa shape index (κ1) is 9.85. The lowest BCUT2D eigenvalue weighted by Crippen LogP contribution is -2.27. The molecule has 0 bridgehead atoms. The molecule has 1 aliphatic rings. The molecule has 0 N–H and O–H groups in total. The number of hydrogen-bond acceptors (Lipinski definition) is 1. The fourth-order valence-corrected chi connectivity index (χ4v) is 1.98. The summed E-state index contributed by atoms with van der Waals surface area (Å²) < 4.78 is 0. The molecule has 0 aromatic carbocycles. The summed E-state index contributed by atoms with van der Waals surface area (Å²) in [6, 6.07) is 0. The molecule has 0 radical (unpaired) electrons. The first-order chi connectivity index (χ1) is 5.77. The molecule has 0 aromatic rings. The van der Waals surface area contributed by atoms with Crippen molar-refractivity contribution in [2.24, 2.45) is 5.92 Å². The average Bonchev–Trinajstić information content (AvgIpc) is 2.52. The van der Waals surface area contributed by atoms with Crippen molar-refractivity contribution in [3.63, 3.8) is 0 Å². The number of carbonyl (C=O) groups is 1. The molecule has 0 spiro atoms. The topological polar surface area (TPSA) is 20.3 Å². The molecule has 0 aromatic heterocycles. The van der Waals surface area contributed by atoms with Crippen molar-refractivity contribution in [3.8, 4) is 0 Å². The molecule has 12 heavy (non-hydrogen) atoms. The fraction of sp³-hybridized carbons (Fsp3) is 0.889. The first-order valence-corrected chi connectivity index (χ1v) is 5.15. The summed E-state index contributed by atoms with van der Waals surface area (Å²) in [7, 11) is 0. The maximum atomic E-state index is 11.3. The van der Waals surface area contributed by atoms with Gasteiger partial charge < -0.3 is 4.90 Å². The van der Waals surface area contributed by atoms with Crippen molar-refractivity contribution in [2.45, 2.75) is 26.2 Å². The van der Waals surface area contributed by atoms with Gasteiger partial charge in [0.25, 0.3) is 0 Å². The number of amides is 1. The van der Waals surface area contributed by atoms with Gasteiger partial charge in [-0.05, 0) is 18.8 Å². The Kier molecular flexibility index (Phi) is 3.86. The summed E-state index contributed by atoms with van der Waals surface area (Å²) in [5.41, 5.74) is 0. The highest BCUT2D eigenvalue weighted by Gasteiger charge is 2.24. The van der Waals surface area contributed by atoms with Crippen LogP contribution in [0.2, 0.25) is 0 Å². The molecule has 1 heterocycles. The third-order valence-corrected chi connectivity index (χ3v) is 2.68. The van der Waals surface area contributed by atoms with Gasteiger partial charge in [0.1, 0.15) is 0 Å². The van der Waals surface area contributed by atoms with E-state index < -0.39 is 0 Å². The Morgan fingerprint density at radius 2 is 2.42 bits per heavy atom. The average molecular weight is 190 g/mol. The Morgan fingerprint density at radius 3 is 3.00 bits per heavy atom. The van der Waals surface area contributed by atoms with E-state index in [9.17, 15) is 4.79 Å². The van der Waals surface area contributed by atoms with E-state index in [1.165, 1.54) is 0 Å². The van der Waals surface area contributed by atoms with Crippen molar-refractivity contribution in [2.75, 3.05) is 19.0 Å². The van der Waals surface area contributed by atoms with Gasteiger partial charge in [-0.2, -0.15) is 0 Å². The van der Waals surface area contributed by atoms with Crippen LogP contribution in [0.3, 0.4) is 0 Å². The molecule has 1 rings (SSSR count). The van der Waals surface area contributed by atoms with Crippen LogP contribution in [-0.2, 0) is 4.79 Å². The molecule has 70 valence electrons. The van der Waals surface area contributed by atoms with E-state index in [4.69, 9.17) is 11.6 Å². The van der Waals surface area contributed by atoms with Gasteiger partial charge in [-0.15, -0.1) is 11.6 Å². The van der Waals surface area contributed by atoms with Gasteiger partial charge in [0, 0.05) is 25.4 Å². The van der Waals surface area contributed by atoms with E-state index in [1.807, 2.05) is 11.8 Å². The van der Waals surface area contributed by atoms with Crippen LogP contribution >= 0.6 is 11.6 Å². The Bertz CT molecular complexity index is 161. The van der Waals surface area contributed by atoms with Crippen molar-refractivity contribution in [1.82, 2.24) is 4.90 Å². The molecule has 1 amide bonds. The zero-order valence-corrected chi connectivity index (χ0v) is 8.31. The van der Waals surface area contributed by atoms with Gasteiger partial charge in [0.2, 0.25) is 5.91 Å². The Morgan fingerprint density at radius 1 is 1.67 bits per heavy atom. The summed E-state index contributed by atoms with van der Waals surface area (Å²) in [6.07, 6.45) is 2.82. The fourth-order valence-electron chi connectivity index (χ4n) is 1.67. The largest absolute Gasteiger partial charge is 0.342 e. The Labute approximate surface area is 78.9 Å². The van der Waals surface area contributed by atoms with Crippen LogP contribution in [0, 0.1) is 5.92 Å². The smallest absolute Gasteiger partial charge is 0.222 e. The molecular weight excluding hydrogens is 174 g/mol. The van der Waals surface area contributed by atoms with Gasteiger partial charge in [-0.3, -0.25) is 4.79 Å². The third-order valence-electron chi connectivity index (χ3n) is 2.46. The van der Waals surface area contributed by atoms with E-state index >= 15 is 0 Å². The quantitative estimate of drug-likeness (QED) is 0.621. The monoisotopic (exact) mass is 189 g/mol. The predicted octanol–water partition coefficient (Wildman–Crippen LogP) is 1.87. The number of nitrogens with zero attached hydrogens (tertiary/aromatic N) is 1. The summed E-state index contributed by atoms with van der Waals surface area (Å²) >= 11 is 5.64. The van der Waals surface area contributed by atoms with E-state index in [-0.39, 0.29) is 5.91 Å². The second kappa shape index (κ2) is 4.70. The normalized spacial score (nSPS) is 23.2. The van der Waals surface area contributed by atoms with Gasteiger partial charge in [-0.25, -0.2) is 0 Å². The highest BCUT2D eigenvalue weighted by atomic mass is 35.5. The summed E-state index contributed by atoms with van der Waals surface area (Å²) in [5.74, 6) is 1.66. The molecule has 1 saturated heterocycles. The number of carbonyl (C=O) groups excluding carboxylic acids is 1. The summed E-state index contributed by atoms with van der Waals surface area (Å²) in [6.45, 7) is 3.78. The third kappa shape index (κ3) is 2.37. The first-order valence-electron chi connectivity index (χ1n) is 4.61. The van der Waals surface area contributed by atoms with Crippen molar-refractivity contribution < 1.29 is 4.79 Å². The molecule has 1 aliphatic heterocycles. The Balaban J connectivity index is 2.30. The highest BCUT2D eigenvalue weighted by Crippen LogP contribution is 2.20. The maximum Gasteiger partial charge on any atom is 0.222 e. The van der Waals surface area contributed by atoms with Crippen LogP contribution in [-0.4, -0.2) is 29.8 Å². The second-order valence-corrected chi connectivity index (χ2v) is 3.70. The number of rotatable bonds is 3. The Hall–Kier alpha value is -0.240. The lowest BCUT2D eigenvalue weighted by Gasteiger charge is -2.14. The number of halogens is 1. The van der Waals surface area contributed by atoms with Crippen LogP contribution in [0.1, 0.15) is 26.2 Å². The molecule has 2 nitrogen and oxygen atoms in total. The van der Waals surface area contributed by atoms with Crippen LogP contribution in [0.15, 0.2) is 0 Å². The van der Waals surface area contributed by atoms with Crippen molar-refractivity contribution in [3.05, 3.63) is 0 Å². The zero-order chi connectivity index (χ0) is 8.97. The predicted molar refractivity (Wildman–Crippen MR) is 50.3 cm³/mol. The molecule has 1 fully saturated rings. The zero-order valence-electron chi connectivity index (χ0n) is 7.55. The number of alkyl halides is 1. The molecule has 1 atom stereocenters. The minimum Gasteiger partial charge on any atom is -0.342 e. The lowest BCUT2D eigenvalue weighted by molar-refractivity contribution is -0.129. The van der Waals surface area contributed by atoms with E-state index in [2.05, 4.69) is 0 Å². The number of hydrogen-bond donors (Lipinski definition) is 0. The SMILES string of the molecule is CCC(=O)N1CCC(CCCl)C1. The molecule has 3 heteroatoms. The number of likely N-dealkylation sites (tertiary alicyclic amines) is 1. The summed E-state index contributed by atoms with van der Waals surface area (Å²) in [5, 5.41) is 0. The lowest BCUT2D eigenvalue weighted by atomic mass is 10.1. The summed E-state index contributed by atoms with van der Waals surface area (Å²) in [4.78, 5) is 13.2. The van der Waals surface area contributed by atoms with Gasteiger partial charge in [0.15, 0.2) is 0 Å². The van der Waals surface area contributed by atoms with Crippen LogP contribution in [0.4, 0.5) is 0 Å². The highest BCUT2D eigenvalue weighted by molar-refractivity contribution is 6.17. The van der Waals surface area contributed by atoms with Gasteiger partial charge >= 0.3 is 0 Å². The van der Waals surface area contributed by atoms with Gasteiger partial charge in [0.05, 0.1) is 0 Å². The maximum absolute atomic E-state index is 11.3. The second-order valence-electron chi connectivity index (χ2n) is 3.33.